The average Bonchev–Trinajstić information content (AvgIpc) is 2.81. The van der Waals surface area contributed by atoms with Gasteiger partial charge < -0.3 is 14.8 Å². The predicted octanol–water partition coefficient (Wildman–Crippen LogP) is 4.55. The summed E-state index contributed by atoms with van der Waals surface area (Å²) >= 11 is 0. The smallest absolute Gasteiger partial charge is 0.456 e. The number of alkyl halides is 5. The number of nitro benzene ring substituents is 1. The van der Waals surface area contributed by atoms with E-state index in [1.54, 1.807) is 42.5 Å². The third kappa shape index (κ3) is 7.48. The van der Waals surface area contributed by atoms with Gasteiger partial charge in [-0.2, -0.15) is 22.0 Å². The zero-order chi connectivity index (χ0) is 26.2. The number of amides is 1. The highest BCUT2D eigenvalue weighted by atomic mass is 19.4. The van der Waals surface area contributed by atoms with Crippen molar-refractivity contribution >= 4 is 23.6 Å². The topological polar surface area (TPSA) is 108 Å². The summed E-state index contributed by atoms with van der Waals surface area (Å²) in [6, 6.07) is 10.0. The van der Waals surface area contributed by atoms with Crippen molar-refractivity contribution in [2.24, 2.45) is 0 Å². The number of carbonyl (C=O) groups is 2. The first kappa shape index (κ1) is 27.2. The van der Waals surface area contributed by atoms with Crippen LogP contribution in [-0.4, -0.2) is 48.7 Å². The summed E-state index contributed by atoms with van der Waals surface area (Å²) in [6.07, 6.45) is -2.69. The lowest BCUT2D eigenvalue weighted by Crippen LogP contribution is -2.42. The molecule has 0 unspecified atom stereocenters. The van der Waals surface area contributed by atoms with Crippen LogP contribution >= 0.6 is 0 Å². The summed E-state index contributed by atoms with van der Waals surface area (Å²) in [5.41, 5.74) is -0.507. The summed E-state index contributed by atoms with van der Waals surface area (Å²) in [5, 5.41) is 13.4. The van der Waals surface area contributed by atoms with Crippen molar-refractivity contribution in [2.75, 3.05) is 13.7 Å². The molecule has 35 heavy (non-hydrogen) atoms. The van der Waals surface area contributed by atoms with Gasteiger partial charge in [-0.3, -0.25) is 14.9 Å². The Labute approximate surface area is 195 Å². The van der Waals surface area contributed by atoms with Gasteiger partial charge in [0.2, 0.25) is 0 Å². The van der Waals surface area contributed by atoms with Gasteiger partial charge in [-0.1, -0.05) is 42.5 Å². The van der Waals surface area contributed by atoms with Crippen molar-refractivity contribution in [3.05, 3.63) is 75.8 Å². The number of hydrogen-bond acceptors (Lipinski definition) is 6. The highest BCUT2D eigenvalue weighted by molar-refractivity contribution is 5.97. The minimum absolute atomic E-state index is 0.0124. The van der Waals surface area contributed by atoms with Crippen LogP contribution in [-0.2, 0) is 9.53 Å². The molecule has 13 heteroatoms. The van der Waals surface area contributed by atoms with Crippen LogP contribution in [0.1, 0.15) is 22.3 Å². The van der Waals surface area contributed by atoms with E-state index in [-0.39, 0.29) is 12.0 Å². The fraction of sp³-hybridized carbons (Fsp3) is 0.273. The van der Waals surface area contributed by atoms with E-state index in [2.05, 4.69) is 14.8 Å². The number of esters is 1. The van der Waals surface area contributed by atoms with Crippen LogP contribution in [0.2, 0.25) is 0 Å². The quantitative estimate of drug-likeness (QED) is 0.221. The van der Waals surface area contributed by atoms with E-state index in [0.29, 0.717) is 12.1 Å². The second-order valence-electron chi connectivity index (χ2n) is 7.03. The van der Waals surface area contributed by atoms with Gasteiger partial charge in [-0.25, -0.2) is 4.79 Å². The average molecular weight is 502 g/mol. The van der Waals surface area contributed by atoms with Crippen LogP contribution < -0.4 is 10.1 Å². The van der Waals surface area contributed by atoms with Crippen LogP contribution in [0, 0.1) is 10.1 Å². The Kier molecular flexibility index (Phi) is 8.87. The van der Waals surface area contributed by atoms with Crippen LogP contribution in [0.15, 0.2) is 54.6 Å². The first-order valence-electron chi connectivity index (χ1n) is 9.82. The third-order valence-corrected chi connectivity index (χ3v) is 4.52. The lowest BCUT2D eigenvalue weighted by Gasteiger charge is -2.20. The largest absolute Gasteiger partial charge is 0.480 e. The van der Waals surface area contributed by atoms with Gasteiger partial charge in [0.25, 0.3) is 5.91 Å². The lowest BCUT2D eigenvalue weighted by molar-refractivity contribution is -0.386. The van der Waals surface area contributed by atoms with Gasteiger partial charge in [0.05, 0.1) is 12.0 Å². The summed E-state index contributed by atoms with van der Waals surface area (Å²) in [5.74, 6) is -8.07. The van der Waals surface area contributed by atoms with Gasteiger partial charge in [-0.05, 0) is 18.1 Å². The fourth-order valence-electron chi connectivity index (χ4n) is 2.67. The number of carbonyl (C=O) groups excluding carboxylic acids is 2. The first-order chi connectivity index (χ1) is 16.4. The molecular weight excluding hydrogens is 483 g/mol. The maximum atomic E-state index is 13.2. The van der Waals surface area contributed by atoms with Gasteiger partial charge in [-0.15, -0.1) is 0 Å². The number of nitro groups is 1. The fourth-order valence-corrected chi connectivity index (χ4v) is 2.67. The standard InChI is InChI=1S/C22H19F5N2O6/c1-34-20(31)16(9-5-8-14-6-3-2-4-7-14)28-19(30)15-10-11-17(29(32)33)18(12-15)35-13-21(23,24)22(25,26)27/h2-8,10-12,16H,9,13H2,1H3,(H,28,30)/b8-5+/t16-/m0/s1. The lowest BCUT2D eigenvalue weighted by atomic mass is 10.1. The van der Waals surface area contributed by atoms with E-state index >= 15 is 0 Å². The van der Waals surface area contributed by atoms with Crippen molar-refractivity contribution in [3.8, 4) is 5.75 Å². The molecule has 2 aromatic carbocycles. The molecular formula is C22H19F5N2O6. The second kappa shape index (κ2) is 11.4. The monoisotopic (exact) mass is 502 g/mol. The molecule has 2 rings (SSSR count). The Morgan fingerprint density at radius 1 is 1.11 bits per heavy atom. The number of nitrogens with one attached hydrogen (secondary N) is 1. The van der Waals surface area contributed by atoms with E-state index in [4.69, 9.17) is 0 Å². The molecule has 1 atom stereocenters. The molecule has 0 fully saturated rings. The number of nitrogens with zero attached hydrogens (tertiary/aromatic N) is 1. The summed E-state index contributed by atoms with van der Waals surface area (Å²) < 4.78 is 72.6. The molecule has 0 aliphatic heterocycles. The maximum Gasteiger partial charge on any atom is 0.456 e. The second-order valence-corrected chi connectivity index (χ2v) is 7.03. The van der Waals surface area contributed by atoms with Crippen molar-refractivity contribution < 1.29 is 45.9 Å². The number of halogens is 5. The summed E-state index contributed by atoms with van der Waals surface area (Å²) in [4.78, 5) is 34.7. The number of hydrogen-bond donors (Lipinski definition) is 1. The van der Waals surface area contributed by atoms with E-state index in [0.717, 1.165) is 18.7 Å². The highest BCUT2D eigenvalue weighted by Gasteiger charge is 2.58. The molecule has 0 aliphatic rings. The van der Waals surface area contributed by atoms with E-state index < -0.39 is 53.0 Å². The molecule has 0 saturated heterocycles. The van der Waals surface area contributed by atoms with Gasteiger partial charge in [0.15, 0.2) is 12.4 Å². The third-order valence-electron chi connectivity index (χ3n) is 4.52. The van der Waals surface area contributed by atoms with Crippen molar-refractivity contribution in [3.63, 3.8) is 0 Å². The van der Waals surface area contributed by atoms with Gasteiger partial charge >= 0.3 is 23.8 Å². The SMILES string of the molecule is COC(=O)[C@H](C/C=C/c1ccccc1)NC(=O)c1ccc([N+](=O)[O-])c(OCC(F)(F)C(F)(F)F)c1. The van der Waals surface area contributed by atoms with Crippen LogP contribution in [0.3, 0.4) is 0 Å². The van der Waals surface area contributed by atoms with Gasteiger partial charge in [0.1, 0.15) is 6.04 Å². The molecule has 1 N–H and O–H groups in total. The Morgan fingerprint density at radius 3 is 2.34 bits per heavy atom. The Balaban J connectivity index is 2.21. The molecule has 8 nitrogen and oxygen atoms in total. The Bertz CT molecular complexity index is 1090. The number of benzene rings is 2. The summed E-state index contributed by atoms with van der Waals surface area (Å²) in [6.45, 7) is -2.24. The van der Waals surface area contributed by atoms with Gasteiger partial charge in [0, 0.05) is 17.7 Å². The van der Waals surface area contributed by atoms with E-state index in [1.807, 2.05) is 0 Å². The van der Waals surface area contributed by atoms with Crippen LogP contribution in [0.25, 0.3) is 6.08 Å². The molecule has 0 saturated carbocycles. The number of rotatable bonds is 10. The minimum atomic E-state index is -5.95. The van der Waals surface area contributed by atoms with E-state index in [1.165, 1.54) is 0 Å². The van der Waals surface area contributed by atoms with Crippen molar-refractivity contribution in [1.82, 2.24) is 5.32 Å². The number of methoxy groups -OCH3 is 1. The molecule has 0 radical (unpaired) electrons. The maximum absolute atomic E-state index is 13.2. The zero-order valence-electron chi connectivity index (χ0n) is 18.1. The molecule has 1 amide bonds. The number of ether oxygens (including phenoxy) is 2. The molecule has 0 aromatic heterocycles. The van der Waals surface area contributed by atoms with Crippen LogP contribution in [0.4, 0.5) is 27.6 Å². The molecule has 0 bridgehead atoms. The van der Waals surface area contributed by atoms with Crippen molar-refractivity contribution in [2.45, 2.75) is 24.6 Å². The van der Waals surface area contributed by atoms with Crippen molar-refractivity contribution in [1.29, 1.82) is 0 Å². The molecule has 0 aliphatic carbocycles. The predicted molar refractivity (Wildman–Crippen MR) is 113 cm³/mol. The Morgan fingerprint density at radius 2 is 1.77 bits per heavy atom. The Hall–Kier alpha value is -4.03. The zero-order valence-corrected chi connectivity index (χ0v) is 18.1. The van der Waals surface area contributed by atoms with Crippen LogP contribution in [0.5, 0.6) is 5.75 Å². The molecule has 0 spiro atoms. The minimum Gasteiger partial charge on any atom is -0.480 e. The molecule has 0 heterocycles. The van der Waals surface area contributed by atoms with E-state index in [9.17, 15) is 41.7 Å². The molecule has 188 valence electrons. The first-order valence-corrected chi connectivity index (χ1v) is 9.82. The molecule has 2 aromatic rings. The summed E-state index contributed by atoms with van der Waals surface area (Å²) in [7, 11) is 1.08. The normalized spacial score (nSPS) is 12.7. The highest BCUT2D eigenvalue weighted by Crippen LogP contribution is 2.37.